The number of furan rings is 2. The Morgan fingerprint density at radius 2 is 0.613 bits per heavy atom. The standard InChI is InChI=1S/C76H46N2O2/c1-3-25-51(26-4-1)77(65-45-49-23-9-13-31-55(49)72-70-53-29-11-7-21-47(53)39-43-67(70)79-75(65)72)64-42-41-61(57-33-15-16-34-58(57)64)69-59-35-17-19-37-62(59)74(63-38-20-18-36-60(63)69)78(52-27-5-2-6-28-52)66-46-50-24-10-14-32-56(50)73-71-54-30-12-8-22-48(54)40-44-68(71)80-76(66)73/h1-46H. The predicted molar refractivity (Wildman–Crippen MR) is 338 cm³/mol. The van der Waals surface area contributed by atoms with Gasteiger partial charge in [-0.3, -0.25) is 0 Å². The van der Waals surface area contributed by atoms with Crippen LogP contribution in [0.2, 0.25) is 0 Å². The van der Waals surface area contributed by atoms with E-state index in [0.29, 0.717) is 0 Å². The largest absolute Gasteiger partial charge is 0.454 e. The maximum Gasteiger partial charge on any atom is 0.160 e. The summed E-state index contributed by atoms with van der Waals surface area (Å²) >= 11 is 0. The van der Waals surface area contributed by atoms with E-state index in [1.165, 1.54) is 32.5 Å². The molecule has 2 heterocycles. The molecule has 0 aliphatic heterocycles. The fraction of sp³-hybridized carbons (Fsp3) is 0. The molecule has 0 atom stereocenters. The Kier molecular flexibility index (Phi) is 9.68. The van der Waals surface area contributed by atoms with Crippen LogP contribution in [-0.4, -0.2) is 0 Å². The molecule has 0 bridgehead atoms. The van der Waals surface area contributed by atoms with Crippen molar-refractivity contribution in [2.75, 3.05) is 9.80 Å². The van der Waals surface area contributed by atoms with Gasteiger partial charge in [0.15, 0.2) is 11.2 Å². The highest BCUT2D eigenvalue weighted by Crippen LogP contribution is 2.54. The fourth-order valence-corrected chi connectivity index (χ4v) is 13.4. The van der Waals surface area contributed by atoms with Crippen LogP contribution in [-0.2, 0) is 0 Å². The third kappa shape index (κ3) is 6.51. The first-order valence-electron chi connectivity index (χ1n) is 27.4. The van der Waals surface area contributed by atoms with Gasteiger partial charge in [-0.2, -0.15) is 0 Å². The molecule has 372 valence electrons. The summed E-state index contributed by atoms with van der Waals surface area (Å²) in [6.45, 7) is 0. The molecular weight excluding hydrogens is 973 g/mol. The Morgan fingerprint density at radius 3 is 1.11 bits per heavy atom. The lowest BCUT2D eigenvalue weighted by Crippen LogP contribution is -2.12. The molecule has 0 radical (unpaired) electrons. The smallest absolute Gasteiger partial charge is 0.160 e. The molecule has 2 aromatic heterocycles. The average Bonchev–Trinajstić information content (AvgIpc) is 4.23. The minimum absolute atomic E-state index is 0.848. The second-order valence-electron chi connectivity index (χ2n) is 21.0. The Balaban J connectivity index is 0.936. The molecule has 0 saturated carbocycles. The summed E-state index contributed by atoms with van der Waals surface area (Å²) in [5, 5.41) is 20.7. The Morgan fingerprint density at radius 1 is 0.237 bits per heavy atom. The van der Waals surface area contributed by atoms with Gasteiger partial charge in [0.05, 0.1) is 22.7 Å². The third-order valence-electron chi connectivity index (χ3n) is 16.7. The third-order valence-corrected chi connectivity index (χ3v) is 16.7. The van der Waals surface area contributed by atoms with E-state index in [2.05, 4.69) is 289 Å². The molecule has 17 aromatic rings. The lowest BCUT2D eigenvalue weighted by molar-refractivity contribution is 0.669. The van der Waals surface area contributed by atoms with Crippen LogP contribution in [0.25, 0.3) is 130 Å². The Hall–Kier alpha value is -10.7. The predicted octanol–water partition coefficient (Wildman–Crippen LogP) is 22.2. The maximum absolute atomic E-state index is 7.21. The summed E-state index contributed by atoms with van der Waals surface area (Å²) in [6.07, 6.45) is 0. The number of benzene rings is 15. The summed E-state index contributed by atoms with van der Waals surface area (Å²) < 4.78 is 14.4. The molecule has 0 N–H and O–H groups in total. The second-order valence-corrected chi connectivity index (χ2v) is 21.0. The average molecular weight is 1020 g/mol. The van der Waals surface area contributed by atoms with Crippen LogP contribution in [0.4, 0.5) is 34.1 Å². The van der Waals surface area contributed by atoms with E-state index in [-0.39, 0.29) is 0 Å². The molecule has 17 rings (SSSR count). The monoisotopic (exact) mass is 1020 g/mol. The summed E-state index contributed by atoms with van der Waals surface area (Å²) in [7, 11) is 0. The SMILES string of the molecule is c1ccc(N(c2ccc(-c3c4ccccc4c(N(c4ccccc4)c4cc5ccccc5c5c4oc4ccc6ccccc6c45)c4ccccc34)c3ccccc23)c2cc3ccccc3c3c2oc2ccc4ccccc4c23)cc1. The van der Waals surface area contributed by atoms with E-state index in [4.69, 9.17) is 8.83 Å². The zero-order valence-electron chi connectivity index (χ0n) is 43.3. The first kappa shape index (κ1) is 44.4. The number of fused-ring (bicyclic) bond motifs is 17. The zero-order valence-corrected chi connectivity index (χ0v) is 43.3. The van der Waals surface area contributed by atoms with Gasteiger partial charge in [-0.15, -0.1) is 0 Å². The molecule has 0 unspecified atom stereocenters. The van der Waals surface area contributed by atoms with E-state index in [9.17, 15) is 0 Å². The number of hydrogen-bond acceptors (Lipinski definition) is 4. The van der Waals surface area contributed by atoms with Crippen molar-refractivity contribution in [3.63, 3.8) is 0 Å². The number of para-hydroxylation sites is 2. The first-order valence-corrected chi connectivity index (χ1v) is 27.4. The molecule has 4 nitrogen and oxygen atoms in total. The van der Waals surface area contributed by atoms with Crippen LogP contribution >= 0.6 is 0 Å². The lowest BCUT2D eigenvalue weighted by atomic mass is 9.87. The zero-order chi connectivity index (χ0) is 52.4. The van der Waals surface area contributed by atoms with Gasteiger partial charge in [0.25, 0.3) is 0 Å². The van der Waals surface area contributed by atoms with Gasteiger partial charge in [0.1, 0.15) is 11.2 Å². The minimum Gasteiger partial charge on any atom is -0.454 e. The normalized spacial score (nSPS) is 12.0. The molecule has 0 fully saturated rings. The molecule has 0 aliphatic rings. The second kappa shape index (κ2) is 17.4. The highest BCUT2D eigenvalue weighted by Gasteiger charge is 2.29. The first-order chi connectivity index (χ1) is 39.7. The summed E-state index contributed by atoms with van der Waals surface area (Å²) in [6, 6.07) is 101. The van der Waals surface area contributed by atoms with Crippen molar-refractivity contribution >= 4 is 153 Å². The van der Waals surface area contributed by atoms with Gasteiger partial charge >= 0.3 is 0 Å². The molecule has 4 heteroatoms. The van der Waals surface area contributed by atoms with Crippen molar-refractivity contribution in [1.82, 2.24) is 0 Å². The van der Waals surface area contributed by atoms with Crippen LogP contribution in [0.15, 0.2) is 288 Å². The van der Waals surface area contributed by atoms with Crippen molar-refractivity contribution in [2.45, 2.75) is 0 Å². The van der Waals surface area contributed by atoms with Gasteiger partial charge in [-0.1, -0.05) is 224 Å². The molecule has 15 aromatic carbocycles. The molecule has 0 amide bonds. The molecular formula is C76H46N2O2. The van der Waals surface area contributed by atoms with E-state index in [0.717, 1.165) is 132 Å². The minimum atomic E-state index is 0.848. The van der Waals surface area contributed by atoms with Gasteiger partial charge < -0.3 is 18.6 Å². The van der Waals surface area contributed by atoms with Crippen molar-refractivity contribution in [3.05, 3.63) is 279 Å². The van der Waals surface area contributed by atoms with Crippen molar-refractivity contribution in [3.8, 4) is 11.1 Å². The molecule has 80 heavy (non-hydrogen) atoms. The maximum atomic E-state index is 7.21. The van der Waals surface area contributed by atoms with Gasteiger partial charge in [-0.05, 0) is 125 Å². The number of nitrogens with zero attached hydrogens (tertiary/aromatic N) is 2. The number of rotatable bonds is 7. The fourth-order valence-electron chi connectivity index (χ4n) is 13.4. The highest BCUT2D eigenvalue weighted by molar-refractivity contribution is 6.32. The van der Waals surface area contributed by atoms with E-state index >= 15 is 0 Å². The Labute approximate surface area is 459 Å². The molecule has 0 saturated heterocycles. The van der Waals surface area contributed by atoms with E-state index < -0.39 is 0 Å². The topological polar surface area (TPSA) is 32.8 Å². The van der Waals surface area contributed by atoms with Crippen LogP contribution in [0, 0.1) is 0 Å². The summed E-state index contributed by atoms with van der Waals surface area (Å²) in [5.41, 5.74) is 11.9. The summed E-state index contributed by atoms with van der Waals surface area (Å²) in [5.74, 6) is 0. The van der Waals surface area contributed by atoms with Gasteiger partial charge in [0, 0.05) is 49.1 Å². The van der Waals surface area contributed by atoms with Crippen LogP contribution < -0.4 is 9.80 Å². The van der Waals surface area contributed by atoms with Gasteiger partial charge in [-0.25, -0.2) is 0 Å². The lowest BCUT2D eigenvalue weighted by Gasteiger charge is -2.30. The Bertz CT molecular complexity index is 5330. The van der Waals surface area contributed by atoms with Crippen molar-refractivity contribution < 1.29 is 8.83 Å². The van der Waals surface area contributed by atoms with Crippen molar-refractivity contribution in [2.24, 2.45) is 0 Å². The quantitative estimate of drug-likeness (QED) is 0.149. The van der Waals surface area contributed by atoms with Crippen LogP contribution in [0.1, 0.15) is 0 Å². The van der Waals surface area contributed by atoms with E-state index in [1.807, 2.05) is 0 Å². The highest BCUT2D eigenvalue weighted by atomic mass is 16.3. The summed E-state index contributed by atoms with van der Waals surface area (Å²) in [4.78, 5) is 4.87. The van der Waals surface area contributed by atoms with E-state index in [1.54, 1.807) is 0 Å². The van der Waals surface area contributed by atoms with Crippen LogP contribution in [0.5, 0.6) is 0 Å². The number of hydrogen-bond donors (Lipinski definition) is 0. The molecule has 0 spiro atoms. The molecule has 0 aliphatic carbocycles. The van der Waals surface area contributed by atoms with Crippen LogP contribution in [0.3, 0.4) is 0 Å². The number of anilines is 6. The van der Waals surface area contributed by atoms with Gasteiger partial charge in [0.2, 0.25) is 0 Å². The van der Waals surface area contributed by atoms with Crippen molar-refractivity contribution in [1.29, 1.82) is 0 Å².